The van der Waals surface area contributed by atoms with Gasteiger partial charge in [0.2, 0.25) is 5.69 Å². The smallest absolute Gasteiger partial charge is 0.206 e. The van der Waals surface area contributed by atoms with Crippen molar-refractivity contribution >= 4 is 44.1 Å². The molecule has 5 aromatic rings. The van der Waals surface area contributed by atoms with E-state index in [2.05, 4.69) is 95.8 Å². The van der Waals surface area contributed by atoms with Gasteiger partial charge < -0.3 is 0 Å². The van der Waals surface area contributed by atoms with Gasteiger partial charge in [-0.2, -0.15) is 0 Å². The van der Waals surface area contributed by atoms with Crippen LogP contribution in [0.15, 0.2) is 64.5 Å². The maximum absolute atomic E-state index is 15.0. The molecule has 37 heavy (non-hydrogen) atoms. The summed E-state index contributed by atoms with van der Waals surface area (Å²) in [6.45, 7) is 13.8. The molecule has 188 valence electrons. The van der Waals surface area contributed by atoms with Crippen LogP contribution in [0, 0.1) is 24.1 Å². The van der Waals surface area contributed by atoms with Crippen LogP contribution in [0.4, 0.5) is 4.39 Å². The number of aryl methyl sites for hydroxylation is 2. The highest BCUT2D eigenvalue weighted by molar-refractivity contribution is 8.00. The standard InChI is InChI=1S/C34H35FNS/c1-19(2)15-21-11-12-23-25(16-21)20(3)30-32-31-24(13-14-36(32)7)22-9-8-10-28(35)26(22)17-29(31)37-33(30)27(23)18-34(4,5)6/h8-14,16-17,19H,15,18H2,1-7H3/q+1. The first-order valence-electron chi connectivity index (χ1n) is 13.3. The van der Waals surface area contributed by atoms with Crippen LogP contribution in [0.5, 0.6) is 0 Å². The number of hydrogen-bond donors (Lipinski definition) is 0. The van der Waals surface area contributed by atoms with Gasteiger partial charge >= 0.3 is 0 Å². The minimum Gasteiger partial charge on any atom is -0.206 e. The van der Waals surface area contributed by atoms with Crippen molar-refractivity contribution in [3.8, 4) is 11.3 Å². The van der Waals surface area contributed by atoms with Crippen LogP contribution in [0.2, 0.25) is 0 Å². The number of nitrogens with zero attached hydrogens (tertiary/aromatic N) is 1. The molecule has 1 nitrogen and oxygen atoms in total. The molecule has 0 amide bonds. The summed E-state index contributed by atoms with van der Waals surface area (Å²) in [5.41, 5.74) is 6.89. The van der Waals surface area contributed by atoms with Crippen molar-refractivity contribution in [3.05, 3.63) is 77.2 Å². The molecule has 1 aliphatic rings. The Bertz CT molecular complexity index is 1740. The summed E-state index contributed by atoms with van der Waals surface area (Å²) in [5.74, 6) is 0.464. The maximum Gasteiger partial charge on any atom is 0.222 e. The molecule has 0 aliphatic carbocycles. The number of rotatable bonds is 3. The van der Waals surface area contributed by atoms with Crippen molar-refractivity contribution in [1.82, 2.24) is 0 Å². The summed E-state index contributed by atoms with van der Waals surface area (Å²) in [5, 5.41) is 6.78. The lowest BCUT2D eigenvalue weighted by atomic mass is 9.82. The van der Waals surface area contributed by atoms with Crippen LogP contribution in [-0.2, 0) is 19.9 Å². The zero-order valence-corrected chi connectivity index (χ0v) is 23.7. The van der Waals surface area contributed by atoms with Crippen molar-refractivity contribution in [1.29, 1.82) is 0 Å². The van der Waals surface area contributed by atoms with Gasteiger partial charge in [0.15, 0.2) is 6.20 Å². The molecule has 0 saturated carbocycles. The van der Waals surface area contributed by atoms with E-state index in [4.69, 9.17) is 0 Å². The van der Waals surface area contributed by atoms with Gasteiger partial charge in [-0.1, -0.05) is 76.7 Å². The Labute approximate surface area is 223 Å². The number of benzene rings is 4. The minimum absolute atomic E-state index is 0.136. The molecule has 0 fully saturated rings. The molecular weight excluding hydrogens is 473 g/mol. The molecule has 0 spiro atoms. The third-order valence-corrected chi connectivity index (χ3v) is 8.87. The molecule has 0 saturated heterocycles. The van der Waals surface area contributed by atoms with Crippen LogP contribution in [-0.4, -0.2) is 0 Å². The first-order chi connectivity index (χ1) is 17.5. The second-order valence-electron chi connectivity index (χ2n) is 12.4. The van der Waals surface area contributed by atoms with Crippen molar-refractivity contribution < 1.29 is 8.96 Å². The minimum atomic E-state index is -0.154. The monoisotopic (exact) mass is 508 g/mol. The van der Waals surface area contributed by atoms with Crippen LogP contribution in [0.25, 0.3) is 43.6 Å². The van der Waals surface area contributed by atoms with Crippen LogP contribution < -0.4 is 4.57 Å². The number of pyridine rings is 1. The van der Waals surface area contributed by atoms with E-state index in [1.807, 2.05) is 17.8 Å². The average Bonchev–Trinajstić information content (AvgIpc) is 2.82. The molecule has 0 N–H and O–H groups in total. The highest BCUT2D eigenvalue weighted by atomic mass is 32.2. The van der Waals surface area contributed by atoms with Crippen LogP contribution >= 0.6 is 11.8 Å². The number of halogens is 1. The molecule has 4 aromatic carbocycles. The second-order valence-corrected chi connectivity index (χ2v) is 13.5. The summed E-state index contributed by atoms with van der Waals surface area (Å²) in [4.78, 5) is 2.49. The number of hydrogen-bond acceptors (Lipinski definition) is 1. The fourth-order valence-corrected chi connectivity index (χ4v) is 7.54. The fraction of sp³-hybridized carbons (Fsp3) is 0.324. The Kier molecular flexibility index (Phi) is 5.65. The predicted molar refractivity (Wildman–Crippen MR) is 156 cm³/mol. The molecule has 0 radical (unpaired) electrons. The quantitative estimate of drug-likeness (QED) is 0.170. The van der Waals surface area contributed by atoms with E-state index in [0.717, 1.165) is 28.5 Å². The summed E-state index contributed by atoms with van der Waals surface area (Å²) < 4.78 is 17.3. The lowest BCUT2D eigenvalue weighted by molar-refractivity contribution is -0.659. The lowest BCUT2D eigenvalue weighted by Crippen LogP contribution is -2.32. The van der Waals surface area contributed by atoms with Gasteiger partial charge in [0, 0.05) is 26.6 Å². The zero-order chi connectivity index (χ0) is 26.2. The van der Waals surface area contributed by atoms with Gasteiger partial charge in [-0.25, -0.2) is 8.96 Å². The van der Waals surface area contributed by atoms with Gasteiger partial charge in [0.05, 0.1) is 10.9 Å². The summed E-state index contributed by atoms with van der Waals surface area (Å²) >= 11 is 1.84. The first kappa shape index (κ1) is 24.4. The van der Waals surface area contributed by atoms with Gasteiger partial charge in [-0.3, -0.25) is 0 Å². The molecule has 2 heterocycles. The highest BCUT2D eigenvalue weighted by Crippen LogP contribution is 2.53. The van der Waals surface area contributed by atoms with Crippen molar-refractivity contribution in [3.63, 3.8) is 0 Å². The summed E-state index contributed by atoms with van der Waals surface area (Å²) in [7, 11) is 2.15. The normalized spacial score (nSPS) is 13.2. The maximum atomic E-state index is 15.0. The Morgan fingerprint density at radius 1 is 0.919 bits per heavy atom. The molecule has 1 aliphatic heterocycles. The van der Waals surface area contributed by atoms with E-state index in [1.54, 1.807) is 6.07 Å². The van der Waals surface area contributed by atoms with Gasteiger partial charge in [0.25, 0.3) is 0 Å². The van der Waals surface area contributed by atoms with Crippen molar-refractivity contribution in [2.45, 2.75) is 64.2 Å². The molecule has 3 heteroatoms. The van der Waals surface area contributed by atoms with Gasteiger partial charge in [0.1, 0.15) is 12.9 Å². The predicted octanol–water partition coefficient (Wildman–Crippen LogP) is 9.34. The number of fused-ring (bicyclic) bond motifs is 5. The molecular formula is C34H35FNS+. The Morgan fingerprint density at radius 3 is 2.43 bits per heavy atom. The fourth-order valence-electron chi connectivity index (χ4n) is 6.18. The lowest BCUT2D eigenvalue weighted by Gasteiger charge is -2.28. The van der Waals surface area contributed by atoms with E-state index >= 15 is 4.39 Å². The average molecular weight is 509 g/mol. The molecule has 0 unspecified atom stereocenters. The van der Waals surface area contributed by atoms with E-state index in [0.29, 0.717) is 11.3 Å². The van der Waals surface area contributed by atoms with Crippen LogP contribution in [0.1, 0.15) is 51.3 Å². The Hall–Kier alpha value is -2.91. The molecule has 1 aromatic heterocycles. The van der Waals surface area contributed by atoms with E-state index in [9.17, 15) is 0 Å². The zero-order valence-electron chi connectivity index (χ0n) is 22.9. The molecule has 0 bridgehead atoms. The van der Waals surface area contributed by atoms with E-state index < -0.39 is 0 Å². The summed E-state index contributed by atoms with van der Waals surface area (Å²) in [6, 6.07) is 16.8. The molecule has 6 rings (SSSR count). The third-order valence-electron chi connectivity index (χ3n) is 7.68. The SMILES string of the molecule is Cc1c2c(c(CC(C)(C)C)c3ccc(CC(C)C)cc13)Sc1cc3c(F)cccc3c3cc[n+](C)c-2c13. The van der Waals surface area contributed by atoms with Crippen LogP contribution in [0.3, 0.4) is 0 Å². The van der Waals surface area contributed by atoms with Crippen molar-refractivity contribution in [2.75, 3.05) is 0 Å². The third kappa shape index (κ3) is 3.94. The number of aromatic nitrogens is 1. The topological polar surface area (TPSA) is 3.88 Å². The van der Waals surface area contributed by atoms with E-state index in [-0.39, 0.29) is 11.2 Å². The highest BCUT2D eigenvalue weighted by Gasteiger charge is 2.33. The summed E-state index contributed by atoms with van der Waals surface area (Å²) in [6.07, 6.45) is 4.22. The van der Waals surface area contributed by atoms with Gasteiger partial charge in [-0.15, -0.1) is 0 Å². The second kappa shape index (κ2) is 8.56. The van der Waals surface area contributed by atoms with Crippen molar-refractivity contribution in [2.24, 2.45) is 18.4 Å². The molecule has 0 atom stereocenters. The van der Waals surface area contributed by atoms with Gasteiger partial charge in [-0.05, 0) is 76.1 Å². The van der Waals surface area contributed by atoms with E-state index in [1.165, 1.54) is 49.0 Å². The first-order valence-corrected chi connectivity index (χ1v) is 14.1. The Balaban J connectivity index is 1.77. The Morgan fingerprint density at radius 2 is 1.70 bits per heavy atom. The largest absolute Gasteiger partial charge is 0.222 e.